The van der Waals surface area contributed by atoms with Crippen LogP contribution in [0.25, 0.3) is 11.3 Å². The van der Waals surface area contributed by atoms with E-state index in [4.69, 9.17) is 9.47 Å². The molecule has 1 unspecified atom stereocenters. The molecule has 1 aromatic carbocycles. The number of halogens is 3. The fourth-order valence-electron chi connectivity index (χ4n) is 3.02. The molecule has 0 saturated carbocycles. The van der Waals surface area contributed by atoms with Crippen LogP contribution in [0.3, 0.4) is 0 Å². The molecular weight excluding hydrogens is 349 g/mol. The number of aromatic nitrogens is 2. The molecule has 140 valence electrons. The van der Waals surface area contributed by atoms with Crippen molar-refractivity contribution in [3.63, 3.8) is 0 Å². The normalized spacial score (nSPS) is 17.9. The van der Waals surface area contributed by atoms with E-state index in [1.165, 1.54) is 12.1 Å². The van der Waals surface area contributed by atoms with Crippen LogP contribution in [-0.4, -0.2) is 29.0 Å². The van der Waals surface area contributed by atoms with Crippen LogP contribution in [0.5, 0.6) is 0 Å². The number of rotatable bonds is 4. The second-order valence-electron chi connectivity index (χ2n) is 5.92. The Morgan fingerprint density at radius 2 is 2.04 bits per heavy atom. The van der Waals surface area contributed by atoms with Crippen molar-refractivity contribution < 1.29 is 27.4 Å². The number of ether oxygens (including phenoxy) is 2. The van der Waals surface area contributed by atoms with Crippen LogP contribution in [0, 0.1) is 0 Å². The third-order valence-corrected chi connectivity index (χ3v) is 4.14. The van der Waals surface area contributed by atoms with Gasteiger partial charge < -0.3 is 9.47 Å². The molecule has 1 fully saturated rings. The van der Waals surface area contributed by atoms with Crippen LogP contribution in [0.4, 0.5) is 13.2 Å². The highest BCUT2D eigenvalue weighted by Gasteiger charge is 2.44. The Hall–Kier alpha value is -2.35. The Labute approximate surface area is 148 Å². The van der Waals surface area contributed by atoms with Crippen LogP contribution in [0.1, 0.15) is 48.5 Å². The van der Waals surface area contributed by atoms with Crippen LogP contribution in [0.15, 0.2) is 30.3 Å². The van der Waals surface area contributed by atoms with Gasteiger partial charge in [0.05, 0.1) is 6.61 Å². The maximum atomic E-state index is 13.9. The standard InChI is InChI=1S/C18H19F3N2O3/c1-2-25-17(24)16-14(18(19,20)21)15(12-8-4-3-5-9-12)22-23(16)13-10-6-7-11-26-13/h3-5,8-9,13H,2,6-7,10-11H2,1H3. The second kappa shape index (κ2) is 7.49. The number of hydrogen-bond acceptors (Lipinski definition) is 4. The predicted molar refractivity (Wildman–Crippen MR) is 87.5 cm³/mol. The first kappa shape index (κ1) is 18.4. The molecule has 1 aromatic heterocycles. The van der Waals surface area contributed by atoms with E-state index in [1.807, 2.05) is 0 Å². The van der Waals surface area contributed by atoms with Gasteiger partial charge in [-0.2, -0.15) is 18.3 Å². The first-order valence-electron chi connectivity index (χ1n) is 8.47. The largest absolute Gasteiger partial charge is 0.461 e. The fraction of sp³-hybridized carbons (Fsp3) is 0.444. The van der Waals surface area contributed by atoms with E-state index in [1.54, 1.807) is 25.1 Å². The van der Waals surface area contributed by atoms with E-state index in [0.717, 1.165) is 17.5 Å². The number of alkyl halides is 3. The molecule has 0 radical (unpaired) electrons. The lowest BCUT2D eigenvalue weighted by molar-refractivity contribution is -0.138. The van der Waals surface area contributed by atoms with Crippen molar-refractivity contribution >= 4 is 5.97 Å². The van der Waals surface area contributed by atoms with E-state index in [2.05, 4.69) is 5.10 Å². The molecule has 0 amide bonds. The maximum absolute atomic E-state index is 13.9. The lowest BCUT2D eigenvalue weighted by atomic mass is 10.1. The zero-order valence-electron chi connectivity index (χ0n) is 14.3. The lowest BCUT2D eigenvalue weighted by Crippen LogP contribution is -2.25. The summed E-state index contributed by atoms with van der Waals surface area (Å²) in [4.78, 5) is 12.4. The van der Waals surface area contributed by atoms with Gasteiger partial charge in [-0.3, -0.25) is 0 Å². The number of esters is 1. The van der Waals surface area contributed by atoms with Gasteiger partial charge in [0, 0.05) is 12.2 Å². The third kappa shape index (κ3) is 3.60. The Kier molecular flexibility index (Phi) is 5.31. The molecule has 2 aromatic rings. The molecule has 0 spiro atoms. The summed E-state index contributed by atoms with van der Waals surface area (Å²) in [5, 5.41) is 4.14. The Morgan fingerprint density at radius 3 is 2.62 bits per heavy atom. The number of benzene rings is 1. The molecule has 0 bridgehead atoms. The first-order valence-corrected chi connectivity index (χ1v) is 8.47. The van der Waals surface area contributed by atoms with Gasteiger partial charge in [0.1, 0.15) is 11.3 Å². The van der Waals surface area contributed by atoms with E-state index < -0.39 is 29.6 Å². The van der Waals surface area contributed by atoms with E-state index in [0.29, 0.717) is 13.0 Å². The highest BCUT2D eigenvalue weighted by atomic mass is 19.4. The molecule has 1 aliphatic rings. The van der Waals surface area contributed by atoms with Crippen molar-refractivity contribution in [1.82, 2.24) is 9.78 Å². The summed E-state index contributed by atoms with van der Waals surface area (Å²) in [5.74, 6) is -1.05. The third-order valence-electron chi connectivity index (χ3n) is 4.14. The molecule has 1 aliphatic heterocycles. The van der Waals surface area contributed by atoms with Crippen LogP contribution in [0.2, 0.25) is 0 Å². The van der Waals surface area contributed by atoms with Crippen molar-refractivity contribution in [1.29, 1.82) is 0 Å². The van der Waals surface area contributed by atoms with Gasteiger partial charge in [-0.1, -0.05) is 30.3 Å². The SMILES string of the molecule is CCOC(=O)c1c(C(F)(F)F)c(-c2ccccc2)nn1C1CCCCO1. The minimum atomic E-state index is -4.76. The first-order chi connectivity index (χ1) is 12.4. The van der Waals surface area contributed by atoms with E-state index in [9.17, 15) is 18.0 Å². The van der Waals surface area contributed by atoms with Gasteiger partial charge in [-0.25, -0.2) is 9.48 Å². The molecule has 3 rings (SSSR count). The summed E-state index contributed by atoms with van der Waals surface area (Å²) < 4.78 is 53.1. The molecule has 1 saturated heterocycles. The summed E-state index contributed by atoms with van der Waals surface area (Å²) in [7, 11) is 0. The number of carbonyl (C=O) groups excluding carboxylic acids is 1. The average molecular weight is 368 g/mol. The molecule has 0 N–H and O–H groups in total. The second-order valence-corrected chi connectivity index (χ2v) is 5.92. The number of carbonyl (C=O) groups is 1. The van der Waals surface area contributed by atoms with Crippen LogP contribution >= 0.6 is 0 Å². The molecule has 26 heavy (non-hydrogen) atoms. The molecule has 2 heterocycles. The number of nitrogens with zero attached hydrogens (tertiary/aromatic N) is 2. The summed E-state index contributed by atoms with van der Waals surface area (Å²) >= 11 is 0. The minimum Gasteiger partial charge on any atom is -0.461 e. The number of hydrogen-bond donors (Lipinski definition) is 0. The Balaban J connectivity index is 2.23. The van der Waals surface area contributed by atoms with Gasteiger partial charge in [-0.15, -0.1) is 0 Å². The minimum absolute atomic E-state index is 0.0342. The van der Waals surface area contributed by atoms with Crippen molar-refractivity contribution in [2.45, 2.75) is 38.6 Å². The maximum Gasteiger partial charge on any atom is 0.420 e. The van der Waals surface area contributed by atoms with Crippen molar-refractivity contribution in [2.24, 2.45) is 0 Å². The van der Waals surface area contributed by atoms with Crippen molar-refractivity contribution in [2.75, 3.05) is 13.2 Å². The quantitative estimate of drug-likeness (QED) is 0.749. The summed E-state index contributed by atoms with van der Waals surface area (Å²) in [6, 6.07) is 7.99. The lowest BCUT2D eigenvalue weighted by Gasteiger charge is -2.24. The van der Waals surface area contributed by atoms with E-state index >= 15 is 0 Å². The summed E-state index contributed by atoms with van der Waals surface area (Å²) in [6.45, 7) is 1.92. The average Bonchev–Trinajstić information content (AvgIpc) is 3.04. The van der Waals surface area contributed by atoms with Gasteiger partial charge in [0.15, 0.2) is 11.9 Å². The zero-order chi connectivity index (χ0) is 18.7. The van der Waals surface area contributed by atoms with Gasteiger partial charge in [-0.05, 0) is 26.2 Å². The molecular formula is C18H19F3N2O3. The van der Waals surface area contributed by atoms with Gasteiger partial charge in [0.2, 0.25) is 0 Å². The zero-order valence-corrected chi connectivity index (χ0v) is 14.3. The molecule has 0 aliphatic carbocycles. The van der Waals surface area contributed by atoms with Crippen LogP contribution in [-0.2, 0) is 15.7 Å². The Morgan fingerprint density at radius 1 is 1.31 bits per heavy atom. The fourth-order valence-corrected chi connectivity index (χ4v) is 3.02. The summed E-state index contributed by atoms with van der Waals surface area (Å²) in [5.41, 5.74) is -1.71. The van der Waals surface area contributed by atoms with Crippen LogP contribution < -0.4 is 0 Å². The molecule has 8 heteroatoms. The van der Waals surface area contributed by atoms with Crippen molar-refractivity contribution in [3.05, 3.63) is 41.6 Å². The highest BCUT2D eigenvalue weighted by molar-refractivity contribution is 5.92. The monoisotopic (exact) mass is 368 g/mol. The van der Waals surface area contributed by atoms with Gasteiger partial charge in [0.25, 0.3) is 0 Å². The highest BCUT2D eigenvalue weighted by Crippen LogP contribution is 2.41. The smallest absolute Gasteiger partial charge is 0.420 e. The van der Waals surface area contributed by atoms with Gasteiger partial charge >= 0.3 is 12.1 Å². The predicted octanol–water partition coefficient (Wildman–Crippen LogP) is 4.44. The van der Waals surface area contributed by atoms with E-state index in [-0.39, 0.29) is 17.9 Å². The Bertz CT molecular complexity index is 766. The van der Waals surface area contributed by atoms with Crippen molar-refractivity contribution in [3.8, 4) is 11.3 Å². The molecule has 5 nitrogen and oxygen atoms in total. The summed E-state index contributed by atoms with van der Waals surface area (Å²) in [6.07, 6.45) is -3.39. The molecule has 1 atom stereocenters. The topological polar surface area (TPSA) is 53.3 Å².